The molecule has 1 aromatic rings. The molecule has 1 aromatic carbocycles. The molecule has 0 N–H and O–H groups in total. The number of nitrogens with zero attached hydrogens (tertiary/aromatic N) is 2. The highest BCUT2D eigenvalue weighted by atomic mass is 19.4. The molecule has 0 aliphatic rings. The minimum absolute atomic E-state index is 0.188. The highest BCUT2D eigenvalue weighted by Gasteiger charge is 2.40. The van der Waals surface area contributed by atoms with Gasteiger partial charge >= 0.3 is 6.18 Å². The molecule has 17 heavy (non-hydrogen) atoms. The Bertz CT molecular complexity index is 454. The molecule has 1 unspecified atom stereocenters. The maximum Gasteiger partial charge on any atom is 0.407 e. The van der Waals surface area contributed by atoms with Crippen molar-refractivity contribution in [1.29, 1.82) is 10.5 Å². The van der Waals surface area contributed by atoms with E-state index < -0.39 is 18.7 Å². The van der Waals surface area contributed by atoms with E-state index in [-0.39, 0.29) is 5.75 Å². The molecule has 88 valence electrons. The first-order chi connectivity index (χ1) is 7.97. The Kier molecular flexibility index (Phi) is 3.95. The molecule has 0 aliphatic heterocycles. The van der Waals surface area contributed by atoms with Crippen LogP contribution in [0.3, 0.4) is 0 Å². The fraction of sp³-hybridized carbons (Fsp3) is 0.273. The van der Waals surface area contributed by atoms with Gasteiger partial charge in [-0.15, -0.1) is 0 Å². The maximum absolute atomic E-state index is 12.2. The van der Waals surface area contributed by atoms with Gasteiger partial charge in [0.05, 0.1) is 17.7 Å². The molecule has 0 radical (unpaired) electrons. The van der Waals surface area contributed by atoms with Crippen molar-refractivity contribution < 1.29 is 17.9 Å². The third kappa shape index (κ3) is 3.69. The summed E-state index contributed by atoms with van der Waals surface area (Å²) >= 11 is 0. The van der Waals surface area contributed by atoms with Crippen LogP contribution in [0, 0.1) is 28.6 Å². The number of benzene rings is 1. The van der Waals surface area contributed by atoms with Gasteiger partial charge in [-0.25, -0.2) is 0 Å². The van der Waals surface area contributed by atoms with Crippen molar-refractivity contribution in [2.24, 2.45) is 5.92 Å². The van der Waals surface area contributed by atoms with E-state index in [0.29, 0.717) is 5.56 Å². The predicted molar refractivity (Wildman–Crippen MR) is 51.8 cm³/mol. The second-order valence-electron chi connectivity index (χ2n) is 3.17. The molecule has 0 amide bonds. The standard InChI is InChI=1S/C11H7F3N2O/c12-11(13,14)9(6-16)7-17-10-3-1-8(5-15)2-4-10/h1-4,9H,7H2. The van der Waals surface area contributed by atoms with Crippen molar-refractivity contribution in [1.82, 2.24) is 0 Å². The van der Waals surface area contributed by atoms with Crippen LogP contribution in [0.2, 0.25) is 0 Å². The van der Waals surface area contributed by atoms with Crippen molar-refractivity contribution in [3.63, 3.8) is 0 Å². The normalized spacial score (nSPS) is 12.3. The molecule has 0 saturated carbocycles. The lowest BCUT2D eigenvalue weighted by molar-refractivity contribution is -0.165. The third-order valence-corrected chi connectivity index (χ3v) is 1.95. The Labute approximate surface area is 95.7 Å². The van der Waals surface area contributed by atoms with E-state index in [1.54, 1.807) is 0 Å². The average molecular weight is 240 g/mol. The lowest BCUT2D eigenvalue weighted by Crippen LogP contribution is -2.27. The van der Waals surface area contributed by atoms with Crippen molar-refractivity contribution >= 4 is 0 Å². The summed E-state index contributed by atoms with van der Waals surface area (Å²) < 4.78 is 41.4. The van der Waals surface area contributed by atoms with Crippen LogP contribution in [-0.2, 0) is 0 Å². The number of rotatable bonds is 3. The Balaban J connectivity index is 2.62. The van der Waals surface area contributed by atoms with Gasteiger partial charge in [0.1, 0.15) is 12.4 Å². The van der Waals surface area contributed by atoms with Crippen LogP contribution in [0.15, 0.2) is 24.3 Å². The van der Waals surface area contributed by atoms with E-state index in [4.69, 9.17) is 15.3 Å². The molecule has 1 rings (SSSR count). The van der Waals surface area contributed by atoms with Gasteiger partial charge in [-0.05, 0) is 24.3 Å². The number of hydrogen-bond donors (Lipinski definition) is 0. The number of hydrogen-bond acceptors (Lipinski definition) is 3. The zero-order chi connectivity index (χ0) is 12.9. The summed E-state index contributed by atoms with van der Waals surface area (Å²) in [4.78, 5) is 0. The topological polar surface area (TPSA) is 56.8 Å². The highest BCUT2D eigenvalue weighted by molar-refractivity contribution is 5.34. The summed E-state index contributed by atoms with van der Waals surface area (Å²) in [5.41, 5.74) is 0.380. The molecule has 0 spiro atoms. The first-order valence-corrected chi connectivity index (χ1v) is 4.56. The molecule has 1 atom stereocenters. The molecule has 0 fully saturated rings. The molecule has 0 bridgehead atoms. The summed E-state index contributed by atoms with van der Waals surface area (Å²) in [7, 11) is 0. The maximum atomic E-state index is 12.2. The van der Waals surface area contributed by atoms with Crippen molar-refractivity contribution in [2.45, 2.75) is 6.18 Å². The molecule has 0 aromatic heterocycles. The average Bonchev–Trinajstić information content (AvgIpc) is 2.29. The van der Waals surface area contributed by atoms with Crippen LogP contribution in [0.25, 0.3) is 0 Å². The van der Waals surface area contributed by atoms with Gasteiger partial charge in [-0.3, -0.25) is 0 Å². The molecule has 0 heterocycles. The molecule has 3 nitrogen and oxygen atoms in total. The largest absolute Gasteiger partial charge is 0.492 e. The van der Waals surface area contributed by atoms with Gasteiger partial charge in [0.15, 0.2) is 5.92 Å². The second-order valence-corrected chi connectivity index (χ2v) is 3.17. The van der Waals surface area contributed by atoms with Gasteiger partial charge in [0.25, 0.3) is 0 Å². The van der Waals surface area contributed by atoms with Crippen LogP contribution in [0.4, 0.5) is 13.2 Å². The minimum atomic E-state index is -4.60. The smallest absolute Gasteiger partial charge is 0.407 e. The Morgan fingerprint density at radius 2 is 1.76 bits per heavy atom. The monoisotopic (exact) mass is 240 g/mol. The third-order valence-electron chi connectivity index (χ3n) is 1.95. The van der Waals surface area contributed by atoms with Crippen molar-refractivity contribution in [2.75, 3.05) is 6.61 Å². The molecule has 0 aliphatic carbocycles. The van der Waals surface area contributed by atoms with Crippen LogP contribution in [-0.4, -0.2) is 12.8 Å². The predicted octanol–water partition coefficient (Wildman–Crippen LogP) is 2.64. The van der Waals surface area contributed by atoms with Crippen molar-refractivity contribution in [3.05, 3.63) is 29.8 Å². The second kappa shape index (κ2) is 5.22. The SMILES string of the molecule is N#Cc1ccc(OCC(C#N)C(F)(F)F)cc1. The zero-order valence-corrected chi connectivity index (χ0v) is 8.53. The molecular weight excluding hydrogens is 233 g/mol. The van der Waals surface area contributed by atoms with Crippen LogP contribution in [0.5, 0.6) is 5.75 Å². The van der Waals surface area contributed by atoms with Gasteiger partial charge in [0.2, 0.25) is 0 Å². The zero-order valence-electron chi connectivity index (χ0n) is 8.53. The van der Waals surface area contributed by atoms with Gasteiger partial charge < -0.3 is 4.74 Å². The Hall–Kier alpha value is -2.21. The van der Waals surface area contributed by atoms with E-state index in [1.165, 1.54) is 24.3 Å². The molecule has 6 heteroatoms. The van der Waals surface area contributed by atoms with E-state index in [2.05, 4.69) is 0 Å². The van der Waals surface area contributed by atoms with Crippen LogP contribution < -0.4 is 4.74 Å². The number of alkyl halides is 3. The van der Waals surface area contributed by atoms with Crippen LogP contribution in [0.1, 0.15) is 5.56 Å². The van der Waals surface area contributed by atoms with E-state index in [9.17, 15) is 13.2 Å². The number of nitriles is 2. The lowest BCUT2D eigenvalue weighted by Gasteiger charge is -2.13. The summed E-state index contributed by atoms with van der Waals surface area (Å²) in [6.45, 7) is -0.758. The Morgan fingerprint density at radius 3 is 2.18 bits per heavy atom. The van der Waals surface area contributed by atoms with Gasteiger partial charge in [-0.2, -0.15) is 23.7 Å². The number of ether oxygens (including phenoxy) is 1. The van der Waals surface area contributed by atoms with E-state index in [0.717, 1.165) is 6.07 Å². The summed E-state index contributed by atoms with van der Waals surface area (Å²) in [6, 6.07) is 8.60. The Morgan fingerprint density at radius 1 is 1.18 bits per heavy atom. The quantitative estimate of drug-likeness (QED) is 0.816. The van der Waals surface area contributed by atoms with Gasteiger partial charge in [0, 0.05) is 0 Å². The first kappa shape index (κ1) is 12.9. The number of halogens is 3. The lowest BCUT2D eigenvalue weighted by atomic mass is 10.2. The van der Waals surface area contributed by atoms with E-state index in [1.807, 2.05) is 6.07 Å². The molecular formula is C11H7F3N2O. The highest BCUT2D eigenvalue weighted by Crippen LogP contribution is 2.26. The molecule has 0 saturated heterocycles. The van der Waals surface area contributed by atoms with Crippen LogP contribution >= 0.6 is 0 Å². The summed E-state index contributed by atoms with van der Waals surface area (Å²) in [6.07, 6.45) is -4.60. The summed E-state index contributed by atoms with van der Waals surface area (Å²) in [5, 5.41) is 16.8. The van der Waals surface area contributed by atoms with Crippen molar-refractivity contribution in [3.8, 4) is 17.9 Å². The minimum Gasteiger partial charge on any atom is -0.492 e. The van der Waals surface area contributed by atoms with E-state index >= 15 is 0 Å². The van der Waals surface area contributed by atoms with Gasteiger partial charge in [-0.1, -0.05) is 0 Å². The first-order valence-electron chi connectivity index (χ1n) is 4.56. The fourth-order valence-electron chi connectivity index (χ4n) is 1.01. The fourth-order valence-corrected chi connectivity index (χ4v) is 1.01. The summed E-state index contributed by atoms with van der Waals surface area (Å²) in [5.74, 6) is -1.97.